The van der Waals surface area contributed by atoms with Crippen molar-refractivity contribution in [2.45, 2.75) is 31.2 Å². The third-order valence-corrected chi connectivity index (χ3v) is 6.07. The second-order valence-corrected chi connectivity index (χ2v) is 8.48. The number of amides is 1. The van der Waals surface area contributed by atoms with E-state index in [2.05, 4.69) is 10.0 Å². The van der Waals surface area contributed by atoms with E-state index >= 15 is 0 Å². The van der Waals surface area contributed by atoms with Crippen LogP contribution in [-0.4, -0.2) is 14.3 Å². The lowest BCUT2D eigenvalue weighted by Crippen LogP contribution is -2.28. The lowest BCUT2D eigenvalue weighted by molar-refractivity contribution is 0.0935. The van der Waals surface area contributed by atoms with Crippen LogP contribution in [0.25, 0.3) is 0 Å². The van der Waals surface area contributed by atoms with Gasteiger partial charge in [0.05, 0.1) is 16.6 Å². The van der Waals surface area contributed by atoms with Gasteiger partial charge in [-0.2, -0.15) is 0 Å². The Bertz CT molecular complexity index is 1100. The van der Waals surface area contributed by atoms with Gasteiger partial charge in [-0.1, -0.05) is 61.5 Å². The Kier molecular flexibility index (Phi) is 6.34. The summed E-state index contributed by atoms with van der Waals surface area (Å²) in [5, 5.41) is 2.98. The van der Waals surface area contributed by atoms with Crippen molar-refractivity contribution < 1.29 is 13.2 Å². The first kappa shape index (κ1) is 20.6. The van der Waals surface area contributed by atoms with Gasteiger partial charge < -0.3 is 5.32 Å². The largest absolute Gasteiger partial charge is 0.345 e. The van der Waals surface area contributed by atoms with E-state index < -0.39 is 10.0 Å². The zero-order valence-electron chi connectivity index (χ0n) is 16.4. The summed E-state index contributed by atoms with van der Waals surface area (Å²) in [5.74, 6) is -0.311. The van der Waals surface area contributed by atoms with Crippen LogP contribution in [0.2, 0.25) is 0 Å². The Balaban J connectivity index is 1.81. The Morgan fingerprint density at radius 1 is 0.931 bits per heavy atom. The van der Waals surface area contributed by atoms with Crippen LogP contribution in [0.5, 0.6) is 0 Å². The minimum absolute atomic E-state index is 0.0427. The quantitative estimate of drug-likeness (QED) is 0.596. The molecule has 0 fully saturated rings. The number of sulfonamides is 1. The van der Waals surface area contributed by atoms with Gasteiger partial charge >= 0.3 is 0 Å². The number of benzene rings is 3. The second kappa shape index (κ2) is 8.92. The molecule has 0 aromatic heterocycles. The zero-order valence-corrected chi connectivity index (χ0v) is 17.2. The fourth-order valence-electron chi connectivity index (χ4n) is 3.04. The van der Waals surface area contributed by atoms with Crippen molar-refractivity contribution in [2.24, 2.45) is 0 Å². The van der Waals surface area contributed by atoms with E-state index in [0.717, 1.165) is 17.5 Å². The molecule has 6 heteroatoms. The molecule has 0 radical (unpaired) electrons. The molecule has 3 aromatic rings. The molecule has 1 amide bonds. The Morgan fingerprint density at radius 3 is 2.31 bits per heavy atom. The molecule has 0 saturated heterocycles. The Morgan fingerprint density at radius 2 is 1.62 bits per heavy atom. The number of nitrogens with one attached hydrogen (secondary N) is 2. The second-order valence-electron chi connectivity index (χ2n) is 6.79. The number of hydrogen-bond donors (Lipinski definition) is 2. The molecule has 0 saturated carbocycles. The third-order valence-electron chi connectivity index (χ3n) is 4.71. The third kappa shape index (κ3) is 5.03. The van der Waals surface area contributed by atoms with Gasteiger partial charge in [0.15, 0.2) is 0 Å². The first-order valence-electron chi connectivity index (χ1n) is 9.45. The molecule has 0 aliphatic rings. The number of para-hydroxylation sites is 1. The van der Waals surface area contributed by atoms with E-state index in [1.807, 2.05) is 56.3 Å². The maximum atomic E-state index is 12.8. The van der Waals surface area contributed by atoms with Gasteiger partial charge in [-0.05, 0) is 48.7 Å². The van der Waals surface area contributed by atoms with Crippen LogP contribution < -0.4 is 10.0 Å². The average Bonchev–Trinajstić information content (AvgIpc) is 2.74. The SMILES string of the molecule is CC[C@H](NC(=O)c1cccc(S(=O)(=O)Nc2ccccc2C)c1)c1ccccc1. The molecule has 0 unspecified atom stereocenters. The highest BCUT2D eigenvalue weighted by Gasteiger charge is 2.19. The lowest BCUT2D eigenvalue weighted by atomic mass is 10.0. The monoisotopic (exact) mass is 408 g/mol. The van der Waals surface area contributed by atoms with E-state index in [9.17, 15) is 13.2 Å². The van der Waals surface area contributed by atoms with E-state index in [1.54, 1.807) is 24.3 Å². The highest BCUT2D eigenvalue weighted by atomic mass is 32.2. The van der Waals surface area contributed by atoms with Crippen molar-refractivity contribution in [3.05, 3.63) is 95.6 Å². The summed E-state index contributed by atoms with van der Waals surface area (Å²) >= 11 is 0. The van der Waals surface area contributed by atoms with Gasteiger partial charge in [-0.25, -0.2) is 8.42 Å². The normalized spacial score (nSPS) is 12.2. The molecule has 0 aliphatic heterocycles. The summed E-state index contributed by atoms with van der Waals surface area (Å²) in [6.07, 6.45) is 0.725. The van der Waals surface area contributed by atoms with Crippen LogP contribution in [0.4, 0.5) is 5.69 Å². The predicted molar refractivity (Wildman–Crippen MR) is 115 cm³/mol. The van der Waals surface area contributed by atoms with Gasteiger partial charge in [0, 0.05) is 5.56 Å². The number of carbonyl (C=O) groups excluding carboxylic acids is 1. The summed E-state index contributed by atoms with van der Waals surface area (Å²) in [4.78, 5) is 12.8. The van der Waals surface area contributed by atoms with Crippen LogP contribution in [-0.2, 0) is 10.0 Å². The van der Waals surface area contributed by atoms with Crippen LogP contribution in [0.3, 0.4) is 0 Å². The summed E-state index contributed by atoms with van der Waals surface area (Å²) in [6.45, 7) is 3.82. The molecule has 0 bridgehead atoms. The van der Waals surface area contributed by atoms with Crippen LogP contribution in [0, 0.1) is 6.92 Å². The molecule has 150 valence electrons. The van der Waals surface area contributed by atoms with Gasteiger partial charge in [0.25, 0.3) is 15.9 Å². The molecule has 0 aliphatic carbocycles. The Labute approximate surface area is 171 Å². The smallest absolute Gasteiger partial charge is 0.261 e. The summed E-state index contributed by atoms with van der Waals surface area (Å²) < 4.78 is 28.2. The van der Waals surface area contributed by atoms with Gasteiger partial charge in [-0.3, -0.25) is 9.52 Å². The molecule has 2 N–H and O–H groups in total. The molecular formula is C23H24N2O3S. The molecule has 1 atom stereocenters. The van der Waals surface area contributed by atoms with Gasteiger partial charge in [0.1, 0.15) is 0 Å². The minimum atomic E-state index is -3.81. The van der Waals surface area contributed by atoms with E-state index in [-0.39, 0.29) is 16.8 Å². The summed E-state index contributed by atoms with van der Waals surface area (Å²) in [7, 11) is -3.81. The van der Waals surface area contributed by atoms with Crippen LogP contribution in [0.15, 0.2) is 83.8 Å². The highest BCUT2D eigenvalue weighted by molar-refractivity contribution is 7.92. The molecular weight excluding hydrogens is 384 g/mol. The number of anilines is 1. The van der Waals surface area contributed by atoms with Crippen LogP contribution >= 0.6 is 0 Å². The molecule has 3 rings (SSSR count). The topological polar surface area (TPSA) is 75.3 Å². The van der Waals surface area contributed by atoms with Crippen molar-refractivity contribution in [3.8, 4) is 0 Å². The number of rotatable bonds is 7. The van der Waals surface area contributed by atoms with Crippen molar-refractivity contribution in [1.29, 1.82) is 0 Å². The van der Waals surface area contributed by atoms with Gasteiger partial charge in [0.2, 0.25) is 0 Å². The maximum Gasteiger partial charge on any atom is 0.261 e. The number of aryl methyl sites for hydroxylation is 1. The van der Waals surface area contributed by atoms with Crippen LogP contribution in [0.1, 0.15) is 40.9 Å². The van der Waals surface area contributed by atoms with Crippen molar-refractivity contribution in [2.75, 3.05) is 4.72 Å². The predicted octanol–water partition coefficient (Wildman–Crippen LogP) is 4.68. The minimum Gasteiger partial charge on any atom is -0.345 e. The molecule has 0 heterocycles. The number of carbonyl (C=O) groups is 1. The average molecular weight is 409 g/mol. The Hall–Kier alpha value is -3.12. The van der Waals surface area contributed by atoms with E-state index in [0.29, 0.717) is 11.3 Å². The molecule has 3 aromatic carbocycles. The standard InChI is InChI=1S/C23H24N2O3S/c1-3-21(18-11-5-4-6-12-18)24-23(26)19-13-9-14-20(16-19)29(27,28)25-22-15-8-7-10-17(22)2/h4-16,21,25H,3H2,1-2H3,(H,24,26)/t21-/m0/s1. The molecule has 5 nitrogen and oxygen atoms in total. The zero-order chi connectivity index (χ0) is 20.9. The fourth-order valence-corrected chi connectivity index (χ4v) is 4.22. The van der Waals surface area contributed by atoms with E-state index in [4.69, 9.17) is 0 Å². The first-order valence-corrected chi connectivity index (χ1v) is 10.9. The lowest BCUT2D eigenvalue weighted by Gasteiger charge is -2.18. The fraction of sp³-hybridized carbons (Fsp3) is 0.174. The molecule has 29 heavy (non-hydrogen) atoms. The van der Waals surface area contributed by atoms with Crippen molar-refractivity contribution in [1.82, 2.24) is 5.32 Å². The first-order chi connectivity index (χ1) is 13.9. The summed E-state index contributed by atoms with van der Waals surface area (Å²) in [5.41, 5.74) is 2.64. The highest BCUT2D eigenvalue weighted by Crippen LogP contribution is 2.21. The van der Waals surface area contributed by atoms with Crippen molar-refractivity contribution in [3.63, 3.8) is 0 Å². The number of hydrogen-bond acceptors (Lipinski definition) is 3. The molecule has 0 spiro atoms. The van der Waals surface area contributed by atoms with Crippen molar-refractivity contribution >= 4 is 21.6 Å². The van der Waals surface area contributed by atoms with E-state index in [1.165, 1.54) is 12.1 Å². The van der Waals surface area contributed by atoms with Gasteiger partial charge in [-0.15, -0.1) is 0 Å². The summed E-state index contributed by atoms with van der Waals surface area (Å²) in [6, 6.07) is 22.8. The maximum absolute atomic E-state index is 12.8.